The number of hydrogen-bond donors (Lipinski definition) is 1. The summed E-state index contributed by atoms with van der Waals surface area (Å²) in [6, 6.07) is 6.22. The second-order valence-corrected chi connectivity index (χ2v) is 5.36. The third kappa shape index (κ3) is 6.01. The molecule has 0 unspecified atom stereocenters. The summed E-state index contributed by atoms with van der Waals surface area (Å²) in [4.78, 5) is 6.96. The van der Waals surface area contributed by atoms with E-state index in [1.54, 1.807) is 0 Å². The Morgan fingerprint density at radius 2 is 2.11 bits per heavy atom. The van der Waals surface area contributed by atoms with Crippen molar-refractivity contribution in [3.8, 4) is 0 Å². The average molecular weight is 249 g/mol. The quantitative estimate of drug-likeness (QED) is 0.765. The number of rotatable bonds is 8. The zero-order chi connectivity index (χ0) is 13.4. The van der Waals surface area contributed by atoms with Gasteiger partial charge < -0.3 is 10.2 Å². The van der Waals surface area contributed by atoms with E-state index in [4.69, 9.17) is 0 Å². The van der Waals surface area contributed by atoms with Gasteiger partial charge in [-0.05, 0) is 44.5 Å². The number of nitrogens with one attached hydrogen (secondary N) is 1. The Morgan fingerprint density at radius 3 is 2.78 bits per heavy atom. The fraction of sp³-hybridized carbons (Fsp3) is 0.667. The van der Waals surface area contributed by atoms with E-state index in [9.17, 15) is 0 Å². The lowest BCUT2D eigenvalue weighted by Crippen LogP contribution is -2.21. The van der Waals surface area contributed by atoms with Crippen molar-refractivity contribution in [1.29, 1.82) is 0 Å². The molecule has 0 saturated carbocycles. The normalized spacial score (nSPS) is 11.2. The van der Waals surface area contributed by atoms with Gasteiger partial charge in [-0.3, -0.25) is 0 Å². The summed E-state index contributed by atoms with van der Waals surface area (Å²) in [7, 11) is 2.16. The molecule has 1 aromatic rings. The minimum Gasteiger partial charge on any atom is -0.370 e. The van der Waals surface area contributed by atoms with Crippen LogP contribution in [-0.4, -0.2) is 30.0 Å². The fourth-order valence-electron chi connectivity index (χ4n) is 1.75. The van der Waals surface area contributed by atoms with Crippen LogP contribution in [0.2, 0.25) is 0 Å². The second-order valence-electron chi connectivity index (χ2n) is 5.36. The average Bonchev–Trinajstić information content (AvgIpc) is 2.34. The molecule has 0 aliphatic carbocycles. The first-order chi connectivity index (χ1) is 8.61. The predicted octanol–water partition coefficient (Wildman–Crippen LogP) is 3.38. The van der Waals surface area contributed by atoms with Crippen LogP contribution in [0.1, 0.15) is 39.3 Å². The summed E-state index contributed by atoms with van der Waals surface area (Å²) in [5, 5.41) is 3.33. The molecule has 18 heavy (non-hydrogen) atoms. The number of hydrogen-bond acceptors (Lipinski definition) is 3. The minimum atomic E-state index is 0.762. The minimum absolute atomic E-state index is 0.762. The number of aromatic nitrogens is 1. The van der Waals surface area contributed by atoms with Crippen molar-refractivity contribution in [2.75, 3.05) is 25.5 Å². The molecule has 0 amide bonds. The van der Waals surface area contributed by atoms with E-state index in [-0.39, 0.29) is 0 Å². The third-order valence-electron chi connectivity index (χ3n) is 2.88. The van der Waals surface area contributed by atoms with E-state index in [1.165, 1.54) is 6.42 Å². The van der Waals surface area contributed by atoms with Gasteiger partial charge in [0.25, 0.3) is 0 Å². The van der Waals surface area contributed by atoms with E-state index < -0.39 is 0 Å². The smallest absolute Gasteiger partial charge is 0.126 e. The molecular weight excluding hydrogens is 222 g/mol. The molecule has 1 heterocycles. The van der Waals surface area contributed by atoms with Gasteiger partial charge in [0.2, 0.25) is 0 Å². The van der Waals surface area contributed by atoms with Gasteiger partial charge in [0.15, 0.2) is 0 Å². The van der Waals surface area contributed by atoms with Crippen molar-refractivity contribution in [2.24, 2.45) is 5.92 Å². The molecule has 1 rings (SSSR count). The SMILES string of the molecule is CCCNc1cccc(CN(C)CCC(C)C)n1. The summed E-state index contributed by atoms with van der Waals surface area (Å²) in [5.41, 5.74) is 1.14. The molecular formula is C15H27N3. The highest BCUT2D eigenvalue weighted by Crippen LogP contribution is 2.08. The molecule has 0 bridgehead atoms. The molecule has 0 saturated heterocycles. The van der Waals surface area contributed by atoms with Crippen LogP contribution in [0.25, 0.3) is 0 Å². The van der Waals surface area contributed by atoms with E-state index in [0.717, 1.165) is 43.5 Å². The zero-order valence-corrected chi connectivity index (χ0v) is 12.2. The molecule has 0 aliphatic heterocycles. The van der Waals surface area contributed by atoms with Gasteiger partial charge in [-0.1, -0.05) is 26.8 Å². The molecule has 0 fully saturated rings. The standard InChI is InChI=1S/C15H27N3/c1-5-10-16-15-8-6-7-14(17-15)12-18(4)11-9-13(2)3/h6-8,13H,5,9-12H2,1-4H3,(H,16,17). The Balaban J connectivity index is 2.45. The molecule has 0 atom stereocenters. The molecule has 0 aliphatic rings. The summed E-state index contributed by atoms with van der Waals surface area (Å²) in [5.74, 6) is 1.75. The van der Waals surface area contributed by atoms with Crippen molar-refractivity contribution in [2.45, 2.75) is 40.2 Å². The first-order valence-electron chi connectivity index (χ1n) is 7.00. The highest BCUT2D eigenvalue weighted by molar-refractivity contribution is 5.35. The monoisotopic (exact) mass is 249 g/mol. The van der Waals surface area contributed by atoms with Gasteiger partial charge in [0.05, 0.1) is 5.69 Å². The zero-order valence-electron chi connectivity index (χ0n) is 12.2. The van der Waals surface area contributed by atoms with Crippen LogP contribution in [0.5, 0.6) is 0 Å². The Morgan fingerprint density at radius 1 is 1.33 bits per heavy atom. The number of pyridine rings is 1. The first-order valence-corrected chi connectivity index (χ1v) is 7.00. The molecule has 3 heteroatoms. The van der Waals surface area contributed by atoms with Crippen molar-refractivity contribution in [3.05, 3.63) is 23.9 Å². The van der Waals surface area contributed by atoms with Crippen molar-refractivity contribution in [1.82, 2.24) is 9.88 Å². The molecule has 1 aromatic heterocycles. The summed E-state index contributed by atoms with van der Waals surface area (Å²) < 4.78 is 0. The summed E-state index contributed by atoms with van der Waals surface area (Å²) in [6.07, 6.45) is 2.37. The van der Waals surface area contributed by atoms with Crippen LogP contribution in [0.3, 0.4) is 0 Å². The molecule has 0 aromatic carbocycles. The van der Waals surface area contributed by atoms with Crippen LogP contribution < -0.4 is 5.32 Å². The predicted molar refractivity (Wildman–Crippen MR) is 78.8 cm³/mol. The van der Waals surface area contributed by atoms with Crippen LogP contribution in [-0.2, 0) is 6.54 Å². The van der Waals surface area contributed by atoms with E-state index in [1.807, 2.05) is 6.07 Å². The summed E-state index contributed by atoms with van der Waals surface area (Å²) in [6.45, 7) is 9.74. The Labute approximate surface area is 112 Å². The maximum absolute atomic E-state index is 4.62. The van der Waals surface area contributed by atoms with E-state index in [0.29, 0.717) is 0 Å². The molecule has 3 nitrogen and oxygen atoms in total. The fourth-order valence-corrected chi connectivity index (χ4v) is 1.75. The van der Waals surface area contributed by atoms with Gasteiger partial charge in [-0.15, -0.1) is 0 Å². The maximum atomic E-state index is 4.62. The molecule has 0 spiro atoms. The molecule has 102 valence electrons. The Kier molecular flexibility index (Phi) is 6.73. The van der Waals surface area contributed by atoms with Crippen LogP contribution >= 0.6 is 0 Å². The Hall–Kier alpha value is -1.09. The maximum Gasteiger partial charge on any atom is 0.126 e. The largest absolute Gasteiger partial charge is 0.370 e. The third-order valence-corrected chi connectivity index (χ3v) is 2.88. The van der Waals surface area contributed by atoms with Crippen LogP contribution in [0, 0.1) is 5.92 Å². The van der Waals surface area contributed by atoms with Gasteiger partial charge >= 0.3 is 0 Å². The van der Waals surface area contributed by atoms with Gasteiger partial charge in [0, 0.05) is 13.1 Å². The molecule has 1 N–H and O–H groups in total. The number of nitrogens with zero attached hydrogens (tertiary/aromatic N) is 2. The second kappa shape index (κ2) is 8.09. The highest BCUT2D eigenvalue weighted by atomic mass is 15.1. The topological polar surface area (TPSA) is 28.2 Å². The molecule has 0 radical (unpaired) electrons. The number of anilines is 1. The lowest BCUT2D eigenvalue weighted by atomic mass is 10.1. The lowest BCUT2D eigenvalue weighted by molar-refractivity contribution is 0.300. The first kappa shape index (κ1) is 15.0. The van der Waals surface area contributed by atoms with Crippen molar-refractivity contribution in [3.63, 3.8) is 0 Å². The van der Waals surface area contributed by atoms with Crippen LogP contribution in [0.15, 0.2) is 18.2 Å². The van der Waals surface area contributed by atoms with E-state index in [2.05, 4.69) is 55.2 Å². The Bertz CT molecular complexity index is 336. The van der Waals surface area contributed by atoms with Gasteiger partial charge in [-0.2, -0.15) is 0 Å². The van der Waals surface area contributed by atoms with Crippen molar-refractivity contribution < 1.29 is 0 Å². The van der Waals surface area contributed by atoms with E-state index >= 15 is 0 Å². The summed E-state index contributed by atoms with van der Waals surface area (Å²) >= 11 is 0. The highest BCUT2D eigenvalue weighted by Gasteiger charge is 2.03. The van der Waals surface area contributed by atoms with Gasteiger partial charge in [0.1, 0.15) is 5.82 Å². The van der Waals surface area contributed by atoms with Crippen molar-refractivity contribution >= 4 is 5.82 Å². The van der Waals surface area contributed by atoms with Gasteiger partial charge in [-0.25, -0.2) is 4.98 Å². The lowest BCUT2D eigenvalue weighted by Gasteiger charge is -2.17. The van der Waals surface area contributed by atoms with Crippen LogP contribution in [0.4, 0.5) is 5.82 Å².